The second kappa shape index (κ2) is 7.24. The van der Waals surface area contributed by atoms with Gasteiger partial charge in [-0.3, -0.25) is 4.79 Å². The van der Waals surface area contributed by atoms with Crippen molar-refractivity contribution >= 4 is 17.7 Å². The fourth-order valence-electron chi connectivity index (χ4n) is 1.31. The predicted octanol–water partition coefficient (Wildman–Crippen LogP) is 0.731. The zero-order chi connectivity index (χ0) is 12.7. The number of hydrogen-bond donors (Lipinski definition) is 2. The van der Waals surface area contributed by atoms with Crippen LogP contribution >= 0.6 is 11.8 Å². The van der Waals surface area contributed by atoms with Crippen molar-refractivity contribution in [1.82, 2.24) is 15.3 Å². The van der Waals surface area contributed by atoms with Crippen LogP contribution in [0.1, 0.15) is 18.9 Å². The molecule has 0 aliphatic rings. The highest BCUT2D eigenvalue weighted by atomic mass is 32.2. The molecule has 0 aliphatic heterocycles. The molecule has 5 nitrogen and oxygen atoms in total. The molecule has 0 aromatic carbocycles. The highest BCUT2D eigenvalue weighted by Crippen LogP contribution is 2.13. The lowest BCUT2D eigenvalue weighted by Gasteiger charge is -2.12. The van der Waals surface area contributed by atoms with Gasteiger partial charge in [-0.25, -0.2) is 9.97 Å². The lowest BCUT2D eigenvalue weighted by atomic mass is 10.2. The Morgan fingerprint density at radius 1 is 1.53 bits per heavy atom. The largest absolute Gasteiger partial charge is 0.368 e. The van der Waals surface area contributed by atoms with Crippen molar-refractivity contribution < 1.29 is 4.79 Å². The molecule has 0 fully saturated rings. The predicted molar refractivity (Wildman–Crippen MR) is 68.8 cm³/mol. The van der Waals surface area contributed by atoms with Crippen LogP contribution in [0.4, 0.5) is 0 Å². The number of carbonyl (C=O) groups is 1. The molecular formula is C11H18N4OS. The Hall–Kier alpha value is -1.14. The third-order valence-corrected chi connectivity index (χ3v) is 3.10. The second-order valence-electron chi connectivity index (χ2n) is 3.69. The van der Waals surface area contributed by atoms with Crippen LogP contribution in [0.5, 0.6) is 0 Å². The number of nitrogens with one attached hydrogen (secondary N) is 1. The Kier molecular flexibility index (Phi) is 5.93. The van der Waals surface area contributed by atoms with E-state index >= 15 is 0 Å². The van der Waals surface area contributed by atoms with Crippen LogP contribution < -0.4 is 11.1 Å². The zero-order valence-corrected chi connectivity index (χ0v) is 11.0. The number of aryl methyl sites for hydroxylation is 1. The standard InChI is InChI=1S/C11H18N4OS/c1-3-13-9(10(12)16)4-5-17-11-14-6-8(2)7-15-11/h6-7,9,13H,3-5H2,1-2H3,(H2,12,16). The van der Waals surface area contributed by atoms with E-state index in [0.29, 0.717) is 6.42 Å². The highest BCUT2D eigenvalue weighted by Gasteiger charge is 2.13. The minimum absolute atomic E-state index is 0.266. The number of primary amides is 1. The first-order chi connectivity index (χ1) is 8.13. The molecular weight excluding hydrogens is 236 g/mol. The summed E-state index contributed by atoms with van der Waals surface area (Å²) in [7, 11) is 0. The molecule has 1 heterocycles. The van der Waals surface area contributed by atoms with E-state index in [4.69, 9.17) is 5.73 Å². The van der Waals surface area contributed by atoms with Gasteiger partial charge in [0.25, 0.3) is 0 Å². The van der Waals surface area contributed by atoms with E-state index in [-0.39, 0.29) is 11.9 Å². The maximum atomic E-state index is 11.1. The molecule has 3 N–H and O–H groups in total. The molecule has 1 aromatic rings. The van der Waals surface area contributed by atoms with Gasteiger partial charge in [0.2, 0.25) is 5.91 Å². The van der Waals surface area contributed by atoms with Gasteiger partial charge in [-0.15, -0.1) is 0 Å². The molecule has 1 amide bonds. The van der Waals surface area contributed by atoms with E-state index in [0.717, 1.165) is 23.0 Å². The van der Waals surface area contributed by atoms with E-state index in [9.17, 15) is 4.79 Å². The minimum atomic E-state index is -0.308. The number of aromatic nitrogens is 2. The van der Waals surface area contributed by atoms with Crippen LogP contribution in [-0.2, 0) is 4.79 Å². The Morgan fingerprint density at radius 3 is 2.71 bits per heavy atom. The fourth-order valence-corrected chi connectivity index (χ4v) is 2.11. The molecule has 0 saturated carbocycles. The summed E-state index contributed by atoms with van der Waals surface area (Å²) in [5.74, 6) is 0.459. The average molecular weight is 254 g/mol. The van der Waals surface area contributed by atoms with Crippen molar-refractivity contribution in [3.8, 4) is 0 Å². The van der Waals surface area contributed by atoms with Crippen LogP contribution in [0.15, 0.2) is 17.6 Å². The summed E-state index contributed by atoms with van der Waals surface area (Å²) in [5.41, 5.74) is 6.32. The molecule has 0 bridgehead atoms. The number of thioether (sulfide) groups is 1. The number of hydrogen-bond acceptors (Lipinski definition) is 5. The highest BCUT2D eigenvalue weighted by molar-refractivity contribution is 7.99. The van der Waals surface area contributed by atoms with Crippen molar-refractivity contribution in [1.29, 1.82) is 0 Å². The van der Waals surface area contributed by atoms with Gasteiger partial charge in [0.1, 0.15) is 0 Å². The Bertz CT molecular complexity index is 355. The van der Waals surface area contributed by atoms with Gasteiger partial charge in [-0.05, 0) is 25.5 Å². The SMILES string of the molecule is CCNC(CCSc1ncc(C)cn1)C(N)=O. The van der Waals surface area contributed by atoms with Gasteiger partial charge >= 0.3 is 0 Å². The summed E-state index contributed by atoms with van der Waals surface area (Å²) in [4.78, 5) is 19.5. The fraction of sp³-hybridized carbons (Fsp3) is 0.545. The summed E-state index contributed by atoms with van der Waals surface area (Å²) < 4.78 is 0. The monoisotopic (exact) mass is 254 g/mol. The van der Waals surface area contributed by atoms with Crippen molar-refractivity contribution in [2.45, 2.75) is 31.5 Å². The third kappa shape index (κ3) is 5.14. The summed E-state index contributed by atoms with van der Waals surface area (Å²) in [6.45, 7) is 4.63. The van der Waals surface area contributed by atoms with Crippen LogP contribution in [0, 0.1) is 6.92 Å². The normalized spacial score (nSPS) is 12.4. The van der Waals surface area contributed by atoms with Gasteiger partial charge in [-0.1, -0.05) is 18.7 Å². The van der Waals surface area contributed by atoms with Gasteiger partial charge < -0.3 is 11.1 Å². The van der Waals surface area contributed by atoms with Crippen LogP contribution in [-0.4, -0.2) is 34.2 Å². The lowest BCUT2D eigenvalue weighted by molar-refractivity contribution is -0.120. The Morgan fingerprint density at radius 2 is 2.18 bits per heavy atom. The first-order valence-corrected chi connectivity index (χ1v) is 6.56. The number of amides is 1. The second-order valence-corrected chi connectivity index (χ2v) is 4.75. The summed E-state index contributed by atoms with van der Waals surface area (Å²) >= 11 is 1.53. The number of rotatable bonds is 7. The molecule has 94 valence electrons. The molecule has 1 aromatic heterocycles. The van der Waals surface area contributed by atoms with E-state index in [1.165, 1.54) is 11.8 Å². The number of nitrogens with zero attached hydrogens (tertiary/aromatic N) is 2. The molecule has 17 heavy (non-hydrogen) atoms. The lowest BCUT2D eigenvalue weighted by Crippen LogP contribution is -2.41. The third-order valence-electron chi connectivity index (χ3n) is 2.19. The van der Waals surface area contributed by atoms with Crippen molar-refractivity contribution in [3.05, 3.63) is 18.0 Å². The van der Waals surface area contributed by atoms with E-state index in [1.54, 1.807) is 12.4 Å². The van der Waals surface area contributed by atoms with Crippen LogP contribution in [0.2, 0.25) is 0 Å². The Balaban J connectivity index is 2.35. The summed E-state index contributed by atoms with van der Waals surface area (Å²) in [5, 5.41) is 3.78. The maximum absolute atomic E-state index is 11.1. The average Bonchev–Trinajstić information content (AvgIpc) is 2.30. The van der Waals surface area contributed by atoms with Gasteiger partial charge in [-0.2, -0.15) is 0 Å². The number of carbonyl (C=O) groups excluding carboxylic acids is 1. The van der Waals surface area contributed by atoms with E-state index in [1.807, 2.05) is 13.8 Å². The van der Waals surface area contributed by atoms with Gasteiger partial charge in [0.05, 0.1) is 6.04 Å². The van der Waals surface area contributed by atoms with Crippen LogP contribution in [0.25, 0.3) is 0 Å². The summed E-state index contributed by atoms with van der Waals surface area (Å²) in [6.07, 6.45) is 4.25. The summed E-state index contributed by atoms with van der Waals surface area (Å²) in [6, 6.07) is -0.266. The first-order valence-electron chi connectivity index (χ1n) is 5.57. The Labute approximate surface area is 106 Å². The molecule has 0 radical (unpaired) electrons. The van der Waals surface area contributed by atoms with Crippen molar-refractivity contribution in [2.75, 3.05) is 12.3 Å². The molecule has 1 rings (SSSR count). The van der Waals surface area contributed by atoms with Crippen molar-refractivity contribution in [2.24, 2.45) is 5.73 Å². The molecule has 0 saturated heterocycles. The van der Waals surface area contributed by atoms with Gasteiger partial charge in [0.15, 0.2) is 5.16 Å². The number of nitrogens with two attached hydrogens (primary N) is 1. The van der Waals surface area contributed by atoms with E-state index in [2.05, 4.69) is 15.3 Å². The van der Waals surface area contributed by atoms with Gasteiger partial charge in [0, 0.05) is 18.1 Å². The first kappa shape index (κ1) is 13.9. The van der Waals surface area contributed by atoms with E-state index < -0.39 is 0 Å². The topological polar surface area (TPSA) is 80.9 Å². The molecule has 1 unspecified atom stereocenters. The minimum Gasteiger partial charge on any atom is -0.368 e. The maximum Gasteiger partial charge on any atom is 0.234 e. The number of likely N-dealkylation sites (N-methyl/N-ethyl adjacent to an activating group) is 1. The zero-order valence-electron chi connectivity index (χ0n) is 10.1. The smallest absolute Gasteiger partial charge is 0.234 e. The van der Waals surface area contributed by atoms with Crippen LogP contribution in [0.3, 0.4) is 0 Å². The molecule has 0 spiro atoms. The molecule has 1 atom stereocenters. The quantitative estimate of drug-likeness (QED) is 0.554. The molecule has 0 aliphatic carbocycles. The molecule has 6 heteroatoms. The van der Waals surface area contributed by atoms with Crippen molar-refractivity contribution in [3.63, 3.8) is 0 Å².